The maximum absolute atomic E-state index is 13.0. The molecule has 4 heterocycles. The van der Waals surface area contributed by atoms with Crippen molar-refractivity contribution < 1.29 is 14.0 Å². The van der Waals surface area contributed by atoms with Gasteiger partial charge in [-0.1, -0.05) is 17.8 Å². The van der Waals surface area contributed by atoms with Crippen molar-refractivity contribution in [2.45, 2.75) is 30.5 Å². The normalized spacial score (nSPS) is 16.1. The average Bonchev–Trinajstić information content (AvgIpc) is 3.52. The Kier molecular flexibility index (Phi) is 6.00. The van der Waals surface area contributed by atoms with Crippen molar-refractivity contribution in [1.29, 1.82) is 0 Å². The first kappa shape index (κ1) is 20.4. The Balaban J connectivity index is 1.46. The molecule has 0 bridgehead atoms. The predicted octanol–water partition coefficient (Wildman–Crippen LogP) is 2.36. The number of thioether (sulfide) groups is 1. The summed E-state index contributed by atoms with van der Waals surface area (Å²) in [6.07, 6.45) is 2.82. The van der Waals surface area contributed by atoms with Crippen LogP contribution in [0.3, 0.4) is 0 Å². The summed E-state index contributed by atoms with van der Waals surface area (Å²) in [7, 11) is 1.80. The van der Waals surface area contributed by atoms with Crippen LogP contribution in [0, 0.1) is 0 Å². The lowest BCUT2D eigenvalue weighted by Gasteiger charge is -2.19. The molecular weight excluding hydrogens is 424 g/mol. The van der Waals surface area contributed by atoms with Crippen LogP contribution in [0.2, 0.25) is 0 Å². The highest BCUT2D eigenvalue weighted by molar-refractivity contribution is 7.99. The second kappa shape index (κ2) is 8.84. The molecule has 0 saturated heterocycles. The van der Waals surface area contributed by atoms with Gasteiger partial charge in [0.15, 0.2) is 5.16 Å². The maximum Gasteiger partial charge on any atom is 0.253 e. The number of carbonyl (C=O) groups is 2. The summed E-state index contributed by atoms with van der Waals surface area (Å²) in [5, 5.41) is 16.9. The van der Waals surface area contributed by atoms with Crippen molar-refractivity contribution in [2.75, 3.05) is 5.75 Å². The van der Waals surface area contributed by atoms with Gasteiger partial charge in [-0.15, -0.1) is 21.5 Å². The molecule has 2 N–H and O–H groups in total. The zero-order valence-electron chi connectivity index (χ0n) is 16.2. The van der Waals surface area contributed by atoms with Gasteiger partial charge in [0.25, 0.3) is 5.91 Å². The van der Waals surface area contributed by atoms with Gasteiger partial charge in [-0.05, 0) is 23.6 Å². The number of thiophene rings is 1. The summed E-state index contributed by atoms with van der Waals surface area (Å²) in [6, 6.07) is 7.37. The van der Waals surface area contributed by atoms with E-state index in [4.69, 9.17) is 10.2 Å². The highest BCUT2D eigenvalue weighted by atomic mass is 32.2. The molecule has 11 heteroatoms. The molecule has 9 nitrogen and oxygen atoms in total. The third-order valence-corrected chi connectivity index (χ3v) is 6.61. The number of nitrogens with two attached hydrogens (primary N) is 1. The summed E-state index contributed by atoms with van der Waals surface area (Å²) in [5.74, 6) is 0.974. The number of primary amides is 1. The van der Waals surface area contributed by atoms with Crippen molar-refractivity contribution in [3.63, 3.8) is 0 Å². The van der Waals surface area contributed by atoms with Crippen LogP contribution in [0.5, 0.6) is 0 Å². The molecule has 4 rings (SSSR count). The second-order valence-electron chi connectivity index (χ2n) is 6.71. The van der Waals surface area contributed by atoms with Gasteiger partial charge in [0.1, 0.15) is 17.6 Å². The highest BCUT2D eigenvalue weighted by Gasteiger charge is 2.35. The van der Waals surface area contributed by atoms with Gasteiger partial charge in [-0.2, -0.15) is 5.10 Å². The fraction of sp³-hybridized carbons (Fsp3) is 0.316. The molecule has 30 heavy (non-hydrogen) atoms. The standard InChI is InChI=1S/C19H20N6O3S2/c1-24-17(7-6-16(20)26)21-22-19(24)30-11-18(27)25-13(14-4-2-8-28-14)10-12(23-25)15-5-3-9-29-15/h2-5,8-9,13H,6-7,10-11H2,1H3,(H2,20,26)/t13-/m0/s1. The van der Waals surface area contributed by atoms with Gasteiger partial charge in [-0.25, -0.2) is 5.01 Å². The molecule has 1 aliphatic heterocycles. The molecule has 2 amide bonds. The van der Waals surface area contributed by atoms with Crippen LogP contribution in [0.1, 0.15) is 35.3 Å². The van der Waals surface area contributed by atoms with Crippen LogP contribution < -0.4 is 5.73 Å². The van der Waals surface area contributed by atoms with Crippen molar-refractivity contribution in [3.05, 3.63) is 52.4 Å². The first-order chi connectivity index (χ1) is 14.5. The zero-order chi connectivity index (χ0) is 21.1. The van der Waals surface area contributed by atoms with E-state index in [1.165, 1.54) is 16.8 Å². The van der Waals surface area contributed by atoms with Crippen molar-refractivity contribution in [1.82, 2.24) is 19.8 Å². The number of hydrazone groups is 1. The lowest BCUT2D eigenvalue weighted by atomic mass is 10.1. The molecule has 0 unspecified atom stereocenters. The highest BCUT2D eigenvalue weighted by Crippen LogP contribution is 2.34. The number of amides is 2. The molecule has 156 valence electrons. The van der Waals surface area contributed by atoms with Crippen molar-refractivity contribution in [3.8, 4) is 0 Å². The van der Waals surface area contributed by atoms with E-state index in [1.54, 1.807) is 29.2 Å². The van der Waals surface area contributed by atoms with Gasteiger partial charge in [-0.3, -0.25) is 9.59 Å². The van der Waals surface area contributed by atoms with Crippen molar-refractivity contribution in [2.24, 2.45) is 17.9 Å². The summed E-state index contributed by atoms with van der Waals surface area (Å²) in [4.78, 5) is 25.0. The second-order valence-corrected chi connectivity index (χ2v) is 8.60. The average molecular weight is 445 g/mol. The number of aryl methyl sites for hydroxylation is 1. The number of rotatable bonds is 8. The molecular formula is C19H20N6O3S2. The number of nitrogens with zero attached hydrogens (tertiary/aromatic N) is 5. The smallest absolute Gasteiger partial charge is 0.253 e. The number of aromatic nitrogens is 3. The number of hydrogen-bond acceptors (Lipinski definition) is 8. The molecule has 0 fully saturated rings. The minimum absolute atomic E-state index is 0.144. The van der Waals surface area contributed by atoms with E-state index in [-0.39, 0.29) is 30.0 Å². The van der Waals surface area contributed by atoms with Crippen LogP contribution in [0.25, 0.3) is 0 Å². The van der Waals surface area contributed by atoms with Crippen LogP contribution in [0.4, 0.5) is 0 Å². The van der Waals surface area contributed by atoms with E-state index in [2.05, 4.69) is 15.3 Å². The predicted molar refractivity (Wildman–Crippen MR) is 113 cm³/mol. The van der Waals surface area contributed by atoms with Gasteiger partial charge < -0.3 is 14.7 Å². The van der Waals surface area contributed by atoms with E-state index in [0.29, 0.717) is 29.6 Å². The molecule has 1 aliphatic rings. The zero-order valence-corrected chi connectivity index (χ0v) is 17.9. The van der Waals surface area contributed by atoms with E-state index < -0.39 is 0 Å². The molecule has 0 spiro atoms. The van der Waals surface area contributed by atoms with Gasteiger partial charge in [0.05, 0.1) is 22.6 Å². The third-order valence-electron chi connectivity index (χ3n) is 4.69. The van der Waals surface area contributed by atoms with E-state index in [1.807, 2.05) is 29.6 Å². The molecule has 3 aromatic rings. The summed E-state index contributed by atoms with van der Waals surface area (Å²) in [5.41, 5.74) is 6.07. The number of furan rings is 1. The topological polar surface area (TPSA) is 120 Å². The summed E-state index contributed by atoms with van der Waals surface area (Å²) < 4.78 is 7.33. The minimum atomic E-state index is -0.389. The maximum atomic E-state index is 13.0. The monoisotopic (exact) mass is 444 g/mol. The van der Waals surface area contributed by atoms with Crippen LogP contribution in [-0.4, -0.2) is 43.1 Å². The van der Waals surface area contributed by atoms with Gasteiger partial charge in [0.2, 0.25) is 5.91 Å². The third kappa shape index (κ3) is 4.31. The van der Waals surface area contributed by atoms with E-state index >= 15 is 0 Å². The molecule has 0 saturated carbocycles. The van der Waals surface area contributed by atoms with Crippen LogP contribution in [-0.2, 0) is 23.1 Å². The van der Waals surface area contributed by atoms with Crippen LogP contribution >= 0.6 is 23.1 Å². The first-order valence-corrected chi connectivity index (χ1v) is 11.2. The lowest BCUT2D eigenvalue weighted by molar-refractivity contribution is -0.130. The Hall–Kier alpha value is -2.92. The quantitative estimate of drug-likeness (QED) is 0.533. The lowest BCUT2D eigenvalue weighted by Crippen LogP contribution is -2.28. The Labute approximate surface area is 180 Å². The van der Waals surface area contributed by atoms with Gasteiger partial charge >= 0.3 is 0 Å². The van der Waals surface area contributed by atoms with E-state index in [9.17, 15) is 9.59 Å². The van der Waals surface area contributed by atoms with E-state index in [0.717, 1.165) is 10.6 Å². The summed E-state index contributed by atoms with van der Waals surface area (Å²) >= 11 is 2.88. The van der Waals surface area contributed by atoms with Crippen LogP contribution in [0.15, 0.2) is 50.6 Å². The Morgan fingerprint density at radius 2 is 2.20 bits per heavy atom. The SMILES string of the molecule is Cn1c(CCC(N)=O)nnc1SCC(=O)N1N=C(c2cccs2)C[C@H]1c1ccco1. The van der Waals surface area contributed by atoms with Gasteiger partial charge in [0, 0.05) is 26.3 Å². The Bertz CT molecular complexity index is 1060. The molecule has 0 aromatic carbocycles. The molecule has 1 atom stereocenters. The summed E-state index contributed by atoms with van der Waals surface area (Å²) in [6.45, 7) is 0. The molecule has 0 radical (unpaired) electrons. The number of carbonyl (C=O) groups excluding carboxylic acids is 2. The Morgan fingerprint density at radius 1 is 1.33 bits per heavy atom. The first-order valence-electron chi connectivity index (χ1n) is 9.29. The number of hydrogen-bond donors (Lipinski definition) is 1. The van der Waals surface area contributed by atoms with Crippen molar-refractivity contribution >= 4 is 40.6 Å². The molecule has 3 aromatic heterocycles. The minimum Gasteiger partial charge on any atom is -0.467 e. The fourth-order valence-electron chi connectivity index (χ4n) is 3.15. The fourth-order valence-corrected chi connectivity index (χ4v) is 4.65. The largest absolute Gasteiger partial charge is 0.467 e. The Morgan fingerprint density at radius 3 is 2.90 bits per heavy atom. The molecule has 0 aliphatic carbocycles.